The van der Waals surface area contributed by atoms with Gasteiger partial charge in [0.1, 0.15) is 5.82 Å². The number of nitrogens with two attached hydrogens (primary N) is 1. The van der Waals surface area contributed by atoms with Crippen molar-refractivity contribution < 1.29 is 4.39 Å². The fourth-order valence-electron chi connectivity index (χ4n) is 3.54. The summed E-state index contributed by atoms with van der Waals surface area (Å²) in [5.74, 6) is 6.85. The van der Waals surface area contributed by atoms with Gasteiger partial charge in [-0.05, 0) is 42.9 Å². The van der Waals surface area contributed by atoms with E-state index < -0.39 is 0 Å². The molecule has 3 N–H and O–H groups in total. The topological polar surface area (TPSA) is 38.0 Å². The molecule has 4 heteroatoms. The maximum atomic E-state index is 14.1. The summed E-state index contributed by atoms with van der Waals surface area (Å²) in [7, 11) is 0. The Balaban J connectivity index is 2.01. The van der Waals surface area contributed by atoms with Gasteiger partial charge >= 0.3 is 0 Å². The molecule has 0 heterocycles. The Kier molecular flexibility index (Phi) is 6.65. The summed E-state index contributed by atoms with van der Waals surface area (Å²) in [6, 6.07) is 5.00. The predicted molar refractivity (Wildman–Crippen MR) is 89.1 cm³/mol. The first-order valence-corrected chi connectivity index (χ1v) is 8.86. The highest BCUT2D eigenvalue weighted by Gasteiger charge is 2.29. The minimum atomic E-state index is -0.172. The smallest absolute Gasteiger partial charge is 0.128 e. The molecule has 1 aromatic rings. The molecule has 0 amide bonds. The summed E-state index contributed by atoms with van der Waals surface area (Å²) in [6.07, 6.45) is 8.71. The van der Waals surface area contributed by atoms with Crippen molar-refractivity contribution >= 4 is 15.9 Å². The van der Waals surface area contributed by atoms with E-state index in [0.717, 1.165) is 23.2 Å². The van der Waals surface area contributed by atoms with E-state index in [1.54, 1.807) is 6.07 Å². The van der Waals surface area contributed by atoms with Gasteiger partial charge in [-0.2, -0.15) is 0 Å². The Labute approximate surface area is 135 Å². The van der Waals surface area contributed by atoms with Gasteiger partial charge in [0.25, 0.3) is 0 Å². The molecule has 1 aliphatic rings. The highest BCUT2D eigenvalue weighted by molar-refractivity contribution is 9.10. The quantitative estimate of drug-likeness (QED) is 0.550. The van der Waals surface area contributed by atoms with Crippen molar-refractivity contribution in [3.05, 3.63) is 34.1 Å². The van der Waals surface area contributed by atoms with Gasteiger partial charge in [-0.15, -0.1) is 0 Å². The summed E-state index contributed by atoms with van der Waals surface area (Å²) in [5.41, 5.74) is 3.54. The SMILES string of the molecule is CCCCC1CCC(C(NN)c2cc(Br)ccc2F)CC1. The summed E-state index contributed by atoms with van der Waals surface area (Å²) >= 11 is 3.42. The number of hydrogen-bond acceptors (Lipinski definition) is 2. The van der Waals surface area contributed by atoms with Gasteiger partial charge in [-0.1, -0.05) is 55.0 Å². The molecule has 0 radical (unpaired) electrons. The highest BCUT2D eigenvalue weighted by atomic mass is 79.9. The zero-order valence-electron chi connectivity index (χ0n) is 12.7. The van der Waals surface area contributed by atoms with E-state index in [1.807, 2.05) is 6.07 Å². The van der Waals surface area contributed by atoms with Gasteiger partial charge < -0.3 is 0 Å². The number of benzene rings is 1. The lowest BCUT2D eigenvalue weighted by Gasteiger charge is -2.34. The first kappa shape index (κ1) is 16.9. The van der Waals surface area contributed by atoms with Crippen LogP contribution >= 0.6 is 15.9 Å². The molecule has 0 aromatic heterocycles. The van der Waals surface area contributed by atoms with Crippen molar-refractivity contribution in [3.63, 3.8) is 0 Å². The fourth-order valence-corrected chi connectivity index (χ4v) is 3.91. The Morgan fingerprint density at radius 1 is 1.33 bits per heavy atom. The molecule has 1 fully saturated rings. The summed E-state index contributed by atoms with van der Waals surface area (Å²) in [5, 5.41) is 0. The van der Waals surface area contributed by atoms with Gasteiger partial charge in [0.15, 0.2) is 0 Å². The molecule has 0 bridgehead atoms. The first-order valence-electron chi connectivity index (χ1n) is 8.06. The van der Waals surface area contributed by atoms with Crippen molar-refractivity contribution in [2.75, 3.05) is 0 Å². The molecule has 1 atom stereocenters. The van der Waals surface area contributed by atoms with Crippen LogP contribution in [0.25, 0.3) is 0 Å². The predicted octanol–water partition coefficient (Wildman–Crippen LogP) is 5.09. The third-order valence-corrected chi connectivity index (χ3v) is 5.29. The number of rotatable bonds is 6. The van der Waals surface area contributed by atoms with Gasteiger partial charge in [0, 0.05) is 10.0 Å². The molecule has 2 rings (SSSR count). The molecular formula is C17H26BrFN2. The van der Waals surface area contributed by atoms with Crippen molar-refractivity contribution in [1.82, 2.24) is 5.43 Å². The van der Waals surface area contributed by atoms with Gasteiger partial charge in [0.2, 0.25) is 0 Å². The van der Waals surface area contributed by atoms with Crippen molar-refractivity contribution in [2.45, 2.75) is 57.9 Å². The van der Waals surface area contributed by atoms with Crippen LogP contribution in [0, 0.1) is 17.7 Å². The third-order valence-electron chi connectivity index (χ3n) is 4.80. The zero-order chi connectivity index (χ0) is 15.2. The average Bonchev–Trinajstić information content (AvgIpc) is 2.50. The molecular weight excluding hydrogens is 331 g/mol. The highest BCUT2D eigenvalue weighted by Crippen LogP contribution is 2.39. The fraction of sp³-hybridized carbons (Fsp3) is 0.647. The number of hydrazine groups is 1. The maximum Gasteiger partial charge on any atom is 0.128 e. The summed E-state index contributed by atoms with van der Waals surface area (Å²) < 4.78 is 15.0. The third kappa shape index (κ3) is 4.51. The van der Waals surface area contributed by atoms with E-state index in [0.29, 0.717) is 11.5 Å². The Hall–Kier alpha value is -0.450. The molecule has 1 unspecified atom stereocenters. The number of hydrogen-bond donors (Lipinski definition) is 2. The van der Waals surface area contributed by atoms with Crippen LogP contribution in [0.5, 0.6) is 0 Å². The lowest BCUT2D eigenvalue weighted by Crippen LogP contribution is -2.36. The van der Waals surface area contributed by atoms with Crippen LogP contribution in [-0.4, -0.2) is 0 Å². The second kappa shape index (κ2) is 8.25. The second-order valence-electron chi connectivity index (χ2n) is 6.23. The zero-order valence-corrected chi connectivity index (χ0v) is 14.3. The van der Waals surface area contributed by atoms with Gasteiger partial charge in [-0.3, -0.25) is 11.3 Å². The van der Waals surface area contributed by atoms with Crippen LogP contribution in [0.4, 0.5) is 4.39 Å². The molecule has 0 saturated heterocycles. The molecule has 118 valence electrons. The molecule has 0 aliphatic heterocycles. The van der Waals surface area contributed by atoms with Crippen LogP contribution in [0.15, 0.2) is 22.7 Å². The lowest BCUT2D eigenvalue weighted by molar-refractivity contribution is 0.211. The molecule has 1 aromatic carbocycles. The Morgan fingerprint density at radius 3 is 2.67 bits per heavy atom. The van der Waals surface area contributed by atoms with E-state index in [1.165, 1.54) is 38.2 Å². The second-order valence-corrected chi connectivity index (χ2v) is 7.15. The normalized spacial score (nSPS) is 24.0. The number of nitrogens with one attached hydrogen (secondary N) is 1. The maximum absolute atomic E-state index is 14.1. The summed E-state index contributed by atoms with van der Waals surface area (Å²) in [6.45, 7) is 2.25. The van der Waals surface area contributed by atoms with E-state index in [2.05, 4.69) is 28.3 Å². The van der Waals surface area contributed by atoms with E-state index in [9.17, 15) is 4.39 Å². The average molecular weight is 357 g/mol. The van der Waals surface area contributed by atoms with E-state index in [-0.39, 0.29) is 11.9 Å². The lowest BCUT2D eigenvalue weighted by atomic mass is 9.75. The molecule has 1 saturated carbocycles. The minimum absolute atomic E-state index is 0.0883. The standard InChI is InChI=1S/C17H26BrFN2/c1-2-3-4-12-5-7-13(8-6-12)17(21-20)15-11-14(18)9-10-16(15)19/h9-13,17,21H,2-8,20H2,1H3. The summed E-state index contributed by atoms with van der Waals surface area (Å²) in [4.78, 5) is 0. The molecule has 21 heavy (non-hydrogen) atoms. The Morgan fingerprint density at radius 2 is 2.05 bits per heavy atom. The van der Waals surface area contributed by atoms with Crippen LogP contribution in [0.2, 0.25) is 0 Å². The Bertz CT molecular complexity index is 444. The molecule has 2 nitrogen and oxygen atoms in total. The van der Waals surface area contributed by atoms with Gasteiger partial charge in [-0.25, -0.2) is 4.39 Å². The van der Waals surface area contributed by atoms with E-state index in [4.69, 9.17) is 5.84 Å². The monoisotopic (exact) mass is 356 g/mol. The van der Waals surface area contributed by atoms with Gasteiger partial charge in [0.05, 0.1) is 6.04 Å². The molecule has 1 aliphatic carbocycles. The van der Waals surface area contributed by atoms with Crippen molar-refractivity contribution in [1.29, 1.82) is 0 Å². The van der Waals surface area contributed by atoms with Crippen LogP contribution in [0.1, 0.15) is 63.5 Å². The number of halogens is 2. The van der Waals surface area contributed by atoms with Crippen molar-refractivity contribution in [3.8, 4) is 0 Å². The minimum Gasteiger partial charge on any atom is -0.271 e. The van der Waals surface area contributed by atoms with E-state index >= 15 is 0 Å². The van der Waals surface area contributed by atoms with Crippen LogP contribution in [-0.2, 0) is 0 Å². The van der Waals surface area contributed by atoms with Crippen molar-refractivity contribution in [2.24, 2.45) is 17.7 Å². The van der Waals surface area contributed by atoms with Crippen LogP contribution in [0.3, 0.4) is 0 Å². The number of unbranched alkanes of at least 4 members (excludes halogenated alkanes) is 1. The molecule has 0 spiro atoms. The largest absolute Gasteiger partial charge is 0.271 e. The van der Waals surface area contributed by atoms with Crippen LogP contribution < -0.4 is 11.3 Å². The first-order chi connectivity index (χ1) is 10.2.